The lowest BCUT2D eigenvalue weighted by Crippen LogP contribution is -2.48. The van der Waals surface area contributed by atoms with Gasteiger partial charge >= 0.3 is 5.97 Å². The monoisotopic (exact) mass is 433 g/mol. The summed E-state index contributed by atoms with van der Waals surface area (Å²) in [6, 6.07) is 17.2. The molecule has 3 aromatic rings. The Morgan fingerprint density at radius 1 is 1.00 bits per heavy atom. The molecule has 1 fully saturated rings. The van der Waals surface area contributed by atoms with E-state index in [0.717, 1.165) is 42.8 Å². The minimum atomic E-state index is -0.445. The van der Waals surface area contributed by atoms with Crippen LogP contribution in [0.15, 0.2) is 54.6 Å². The number of ketones is 1. The fourth-order valence-electron chi connectivity index (χ4n) is 3.93. The van der Waals surface area contributed by atoms with Crippen LogP contribution in [0.1, 0.15) is 16.1 Å². The van der Waals surface area contributed by atoms with Gasteiger partial charge < -0.3 is 14.4 Å². The van der Waals surface area contributed by atoms with Crippen LogP contribution in [0.3, 0.4) is 0 Å². The van der Waals surface area contributed by atoms with Crippen molar-refractivity contribution >= 4 is 28.3 Å². The van der Waals surface area contributed by atoms with Crippen molar-refractivity contribution in [2.24, 2.45) is 0 Å². The van der Waals surface area contributed by atoms with Gasteiger partial charge in [-0.25, -0.2) is 4.79 Å². The molecule has 1 aliphatic rings. The maximum atomic E-state index is 12.7. The number of para-hydroxylation sites is 1. The van der Waals surface area contributed by atoms with Gasteiger partial charge in [0.25, 0.3) is 0 Å². The van der Waals surface area contributed by atoms with Crippen molar-refractivity contribution in [3.63, 3.8) is 0 Å². The van der Waals surface area contributed by atoms with Crippen LogP contribution in [0.5, 0.6) is 5.75 Å². The van der Waals surface area contributed by atoms with Crippen molar-refractivity contribution in [1.29, 1.82) is 0 Å². The van der Waals surface area contributed by atoms with Gasteiger partial charge in [0.1, 0.15) is 5.75 Å². The normalized spacial score (nSPS) is 14.4. The lowest BCUT2D eigenvalue weighted by atomic mass is 10.1. The highest BCUT2D eigenvalue weighted by Crippen LogP contribution is 2.27. The molecule has 1 aliphatic heterocycles. The number of esters is 1. The van der Waals surface area contributed by atoms with Crippen molar-refractivity contribution in [3.05, 3.63) is 65.9 Å². The molecule has 0 saturated carbocycles. The number of methoxy groups -OCH3 is 1. The molecule has 0 bridgehead atoms. The summed E-state index contributed by atoms with van der Waals surface area (Å²) in [6.07, 6.45) is 0. The third-order valence-corrected chi connectivity index (χ3v) is 5.66. The van der Waals surface area contributed by atoms with E-state index in [1.165, 1.54) is 12.8 Å². The third-order valence-electron chi connectivity index (χ3n) is 5.66. The number of aryl methyl sites for hydroxylation is 1. The van der Waals surface area contributed by atoms with Crippen molar-refractivity contribution in [3.8, 4) is 5.75 Å². The minimum Gasteiger partial charge on any atom is -0.482 e. The Labute approximate surface area is 187 Å². The smallest absolute Gasteiger partial charge is 0.343 e. The fourth-order valence-corrected chi connectivity index (χ4v) is 3.93. The number of anilines is 1. The molecule has 0 radical (unpaired) electrons. The Morgan fingerprint density at radius 3 is 2.44 bits per heavy atom. The molecule has 2 heterocycles. The number of carbonyl (C=O) groups is 2. The van der Waals surface area contributed by atoms with E-state index in [1.54, 1.807) is 24.3 Å². The molecule has 1 aromatic heterocycles. The van der Waals surface area contributed by atoms with Crippen LogP contribution >= 0.6 is 0 Å². The van der Waals surface area contributed by atoms with Crippen LogP contribution in [-0.4, -0.2) is 68.1 Å². The van der Waals surface area contributed by atoms with Gasteiger partial charge in [-0.2, -0.15) is 0 Å². The molecule has 7 heteroatoms. The van der Waals surface area contributed by atoms with Crippen LogP contribution in [0.4, 0.5) is 5.69 Å². The van der Waals surface area contributed by atoms with Gasteiger partial charge in [-0.3, -0.25) is 14.7 Å². The Balaban J connectivity index is 1.33. The number of hydrogen-bond donors (Lipinski definition) is 0. The number of aromatic nitrogens is 1. The van der Waals surface area contributed by atoms with Crippen LogP contribution in [0.2, 0.25) is 0 Å². The molecular weight excluding hydrogens is 406 g/mol. The summed E-state index contributed by atoms with van der Waals surface area (Å²) in [5.41, 5.74) is 3.87. The second-order valence-corrected chi connectivity index (χ2v) is 7.88. The number of fused-ring (bicyclic) bond motifs is 1. The molecule has 1 saturated heterocycles. The summed E-state index contributed by atoms with van der Waals surface area (Å²) in [7, 11) is 1.31. The van der Waals surface area contributed by atoms with Gasteiger partial charge in [0.15, 0.2) is 12.4 Å². The van der Waals surface area contributed by atoms with Gasteiger partial charge in [-0.15, -0.1) is 0 Å². The van der Waals surface area contributed by atoms with Crippen molar-refractivity contribution in [1.82, 2.24) is 9.88 Å². The SMILES string of the molecule is COC(=O)COc1ccc(C(=O)CN2CCN(c3cc(C)nc4ccccc34)CC2)cc1. The highest BCUT2D eigenvalue weighted by Gasteiger charge is 2.21. The number of carbonyl (C=O) groups excluding carboxylic acids is 2. The van der Waals surface area contributed by atoms with E-state index in [-0.39, 0.29) is 12.4 Å². The summed E-state index contributed by atoms with van der Waals surface area (Å²) >= 11 is 0. The summed E-state index contributed by atoms with van der Waals surface area (Å²) in [5, 5.41) is 1.16. The van der Waals surface area contributed by atoms with Crippen LogP contribution in [0, 0.1) is 6.92 Å². The number of ether oxygens (including phenoxy) is 2. The quantitative estimate of drug-likeness (QED) is 0.419. The first-order chi connectivity index (χ1) is 15.5. The largest absolute Gasteiger partial charge is 0.482 e. The van der Waals surface area contributed by atoms with Gasteiger partial charge in [-0.05, 0) is 43.3 Å². The average Bonchev–Trinajstić information content (AvgIpc) is 2.82. The molecule has 7 nitrogen and oxygen atoms in total. The zero-order chi connectivity index (χ0) is 22.5. The molecule has 4 rings (SSSR count). The van der Waals surface area contributed by atoms with E-state index in [1.807, 2.05) is 25.1 Å². The first kappa shape index (κ1) is 21.8. The molecule has 0 spiro atoms. The molecule has 0 aliphatic carbocycles. The molecule has 0 atom stereocenters. The van der Waals surface area contributed by atoms with Gasteiger partial charge in [0.05, 0.1) is 19.2 Å². The maximum Gasteiger partial charge on any atom is 0.343 e. The molecule has 32 heavy (non-hydrogen) atoms. The van der Waals surface area contributed by atoms with E-state index >= 15 is 0 Å². The lowest BCUT2D eigenvalue weighted by molar-refractivity contribution is -0.142. The average molecular weight is 434 g/mol. The Morgan fingerprint density at radius 2 is 1.72 bits per heavy atom. The lowest BCUT2D eigenvalue weighted by Gasteiger charge is -2.36. The summed E-state index contributed by atoms with van der Waals surface area (Å²) in [4.78, 5) is 33.1. The predicted octanol–water partition coefficient (Wildman–Crippen LogP) is 3.10. The van der Waals surface area contributed by atoms with E-state index in [2.05, 4.69) is 31.7 Å². The molecule has 0 amide bonds. The zero-order valence-electron chi connectivity index (χ0n) is 18.4. The fraction of sp³-hybridized carbons (Fsp3) is 0.320. The Kier molecular flexibility index (Phi) is 6.66. The van der Waals surface area contributed by atoms with E-state index in [9.17, 15) is 9.59 Å². The topological polar surface area (TPSA) is 72.0 Å². The van der Waals surface area contributed by atoms with Gasteiger partial charge in [0.2, 0.25) is 0 Å². The first-order valence-corrected chi connectivity index (χ1v) is 10.7. The molecular formula is C25H27N3O4. The van der Waals surface area contributed by atoms with Crippen molar-refractivity contribution < 1.29 is 19.1 Å². The summed E-state index contributed by atoms with van der Waals surface area (Å²) < 4.78 is 9.88. The number of benzene rings is 2. The van der Waals surface area contributed by atoms with Crippen molar-refractivity contribution in [2.75, 3.05) is 51.3 Å². The van der Waals surface area contributed by atoms with E-state index < -0.39 is 5.97 Å². The summed E-state index contributed by atoms with van der Waals surface area (Å²) in [6.45, 7) is 5.62. The number of pyridine rings is 1. The van der Waals surface area contributed by atoms with E-state index in [0.29, 0.717) is 17.9 Å². The van der Waals surface area contributed by atoms with Crippen LogP contribution in [0.25, 0.3) is 10.9 Å². The molecule has 0 N–H and O–H groups in total. The zero-order valence-corrected chi connectivity index (χ0v) is 18.4. The van der Waals surface area contributed by atoms with Crippen LogP contribution < -0.4 is 9.64 Å². The predicted molar refractivity (Wildman–Crippen MR) is 123 cm³/mol. The maximum absolute atomic E-state index is 12.7. The molecule has 2 aromatic carbocycles. The van der Waals surface area contributed by atoms with Crippen molar-refractivity contribution in [2.45, 2.75) is 6.92 Å². The second kappa shape index (κ2) is 9.78. The number of Topliss-reactive ketones (excluding diaryl/α,β-unsaturated/α-hetero) is 1. The third kappa shape index (κ3) is 5.06. The number of piperazine rings is 1. The minimum absolute atomic E-state index is 0.0724. The Bertz CT molecular complexity index is 1110. The number of nitrogens with zero attached hydrogens (tertiary/aromatic N) is 3. The number of rotatable bonds is 7. The Hall–Kier alpha value is -3.45. The molecule has 166 valence electrons. The summed E-state index contributed by atoms with van der Waals surface area (Å²) in [5.74, 6) is 0.155. The van der Waals surface area contributed by atoms with Gasteiger partial charge in [0, 0.05) is 48.5 Å². The standard InChI is InChI=1S/C25H27N3O4/c1-18-15-23(21-5-3-4-6-22(21)26-18)28-13-11-27(12-14-28)16-24(29)19-7-9-20(10-8-19)32-17-25(30)31-2/h3-10,15H,11-14,16-17H2,1-2H3. The highest BCUT2D eigenvalue weighted by molar-refractivity contribution is 5.97. The van der Waals surface area contributed by atoms with E-state index in [4.69, 9.17) is 4.74 Å². The first-order valence-electron chi connectivity index (χ1n) is 10.7. The van der Waals surface area contributed by atoms with Crippen LogP contribution in [-0.2, 0) is 9.53 Å². The van der Waals surface area contributed by atoms with Gasteiger partial charge in [-0.1, -0.05) is 18.2 Å². The highest BCUT2D eigenvalue weighted by atomic mass is 16.6. The number of hydrogen-bond acceptors (Lipinski definition) is 7. The molecule has 0 unspecified atom stereocenters. The second-order valence-electron chi connectivity index (χ2n) is 7.88.